The van der Waals surface area contributed by atoms with E-state index in [1.165, 1.54) is 5.56 Å². The van der Waals surface area contributed by atoms with Gasteiger partial charge in [-0.15, -0.1) is 5.10 Å². The van der Waals surface area contributed by atoms with Gasteiger partial charge in [-0.05, 0) is 31.9 Å². The molecular weight excluding hydrogens is 226 g/mol. The Kier molecular flexibility index (Phi) is 4.10. The van der Waals surface area contributed by atoms with E-state index in [0.29, 0.717) is 5.69 Å². The van der Waals surface area contributed by atoms with Crippen molar-refractivity contribution in [3.8, 4) is 5.69 Å². The molecule has 0 fully saturated rings. The van der Waals surface area contributed by atoms with E-state index in [0.717, 1.165) is 30.6 Å². The Morgan fingerprint density at radius 3 is 2.56 bits per heavy atom. The minimum absolute atomic E-state index is 0.0507. The Bertz CT molecular complexity index is 502. The molecule has 18 heavy (non-hydrogen) atoms. The molecule has 1 N–H and O–H groups in total. The van der Waals surface area contributed by atoms with Crippen LogP contribution in [0, 0.1) is 6.92 Å². The maximum absolute atomic E-state index is 9.31. The monoisotopic (exact) mass is 245 g/mol. The van der Waals surface area contributed by atoms with Gasteiger partial charge in [-0.3, -0.25) is 0 Å². The molecule has 0 saturated carbocycles. The van der Waals surface area contributed by atoms with Crippen molar-refractivity contribution < 1.29 is 5.11 Å². The zero-order valence-electron chi connectivity index (χ0n) is 10.9. The Morgan fingerprint density at radius 1 is 1.22 bits per heavy atom. The molecule has 0 unspecified atom stereocenters. The lowest BCUT2D eigenvalue weighted by molar-refractivity contribution is 0.275. The Labute approximate surface area is 107 Å². The van der Waals surface area contributed by atoms with E-state index in [1.54, 1.807) is 0 Å². The van der Waals surface area contributed by atoms with Gasteiger partial charge in [-0.2, -0.15) is 0 Å². The van der Waals surface area contributed by atoms with Gasteiger partial charge in [0.2, 0.25) is 0 Å². The number of unbranched alkanes of at least 4 members (excludes halogenated alkanes) is 1. The van der Waals surface area contributed by atoms with Gasteiger partial charge in [0, 0.05) is 0 Å². The standard InChI is InChI=1S/C14H19N3O/c1-3-4-5-14-13(10-18)15-16-17(14)12-8-6-11(2)7-9-12/h6-9,18H,3-5,10H2,1-2H3. The van der Waals surface area contributed by atoms with E-state index < -0.39 is 0 Å². The molecule has 0 amide bonds. The molecule has 0 bridgehead atoms. The first kappa shape index (κ1) is 12.8. The van der Waals surface area contributed by atoms with Crippen LogP contribution in [0.1, 0.15) is 36.7 Å². The van der Waals surface area contributed by atoms with Gasteiger partial charge in [0.1, 0.15) is 5.69 Å². The molecule has 2 rings (SSSR count). The van der Waals surface area contributed by atoms with E-state index >= 15 is 0 Å². The molecule has 0 aliphatic rings. The third-order valence-electron chi connectivity index (χ3n) is 3.04. The van der Waals surface area contributed by atoms with Gasteiger partial charge in [0.25, 0.3) is 0 Å². The fourth-order valence-corrected chi connectivity index (χ4v) is 1.94. The molecule has 1 heterocycles. The number of nitrogens with zero attached hydrogens (tertiary/aromatic N) is 3. The Hall–Kier alpha value is -1.68. The van der Waals surface area contributed by atoms with Crippen molar-refractivity contribution in [1.82, 2.24) is 15.0 Å². The lowest BCUT2D eigenvalue weighted by atomic mass is 10.1. The topological polar surface area (TPSA) is 50.9 Å². The minimum atomic E-state index is -0.0507. The van der Waals surface area contributed by atoms with Crippen molar-refractivity contribution in [3.05, 3.63) is 41.2 Å². The first-order valence-corrected chi connectivity index (χ1v) is 6.37. The van der Waals surface area contributed by atoms with Crippen molar-refractivity contribution in [2.24, 2.45) is 0 Å². The summed E-state index contributed by atoms with van der Waals surface area (Å²) >= 11 is 0. The molecule has 0 spiro atoms. The van der Waals surface area contributed by atoms with Crippen molar-refractivity contribution >= 4 is 0 Å². The molecule has 0 atom stereocenters. The molecule has 1 aromatic carbocycles. The second-order valence-corrected chi connectivity index (χ2v) is 4.49. The largest absolute Gasteiger partial charge is 0.390 e. The molecule has 96 valence electrons. The molecule has 1 aromatic heterocycles. The number of benzene rings is 1. The highest BCUT2D eigenvalue weighted by atomic mass is 16.3. The van der Waals surface area contributed by atoms with Crippen molar-refractivity contribution in [2.75, 3.05) is 0 Å². The minimum Gasteiger partial charge on any atom is -0.390 e. The van der Waals surface area contributed by atoms with Crippen molar-refractivity contribution in [2.45, 2.75) is 39.7 Å². The zero-order valence-corrected chi connectivity index (χ0v) is 10.9. The molecule has 4 nitrogen and oxygen atoms in total. The average Bonchev–Trinajstić information content (AvgIpc) is 2.80. The summed E-state index contributed by atoms with van der Waals surface area (Å²) in [5.41, 5.74) is 3.92. The molecule has 0 aliphatic carbocycles. The average molecular weight is 245 g/mol. The third-order valence-corrected chi connectivity index (χ3v) is 3.04. The summed E-state index contributed by atoms with van der Waals surface area (Å²) in [7, 11) is 0. The zero-order chi connectivity index (χ0) is 13.0. The first-order valence-electron chi connectivity index (χ1n) is 6.37. The molecular formula is C14H19N3O. The van der Waals surface area contributed by atoms with Crippen LogP contribution in [0.25, 0.3) is 5.69 Å². The van der Waals surface area contributed by atoms with E-state index in [-0.39, 0.29) is 6.61 Å². The highest BCUT2D eigenvalue weighted by molar-refractivity contribution is 5.35. The molecule has 2 aromatic rings. The quantitative estimate of drug-likeness (QED) is 0.880. The third kappa shape index (κ3) is 2.59. The molecule has 0 radical (unpaired) electrons. The predicted octanol–water partition coefficient (Wildman–Crippen LogP) is 2.41. The van der Waals surface area contributed by atoms with E-state index in [1.807, 2.05) is 16.8 Å². The fourth-order valence-electron chi connectivity index (χ4n) is 1.94. The van der Waals surface area contributed by atoms with Gasteiger partial charge in [0.05, 0.1) is 18.0 Å². The maximum atomic E-state index is 9.31. The van der Waals surface area contributed by atoms with E-state index in [2.05, 4.69) is 36.3 Å². The van der Waals surface area contributed by atoms with Crippen LogP contribution in [0.4, 0.5) is 0 Å². The Balaban J connectivity index is 2.37. The second-order valence-electron chi connectivity index (χ2n) is 4.49. The van der Waals surface area contributed by atoms with Crippen LogP contribution in [-0.2, 0) is 13.0 Å². The summed E-state index contributed by atoms with van der Waals surface area (Å²) in [5, 5.41) is 17.5. The lowest BCUT2D eigenvalue weighted by Crippen LogP contribution is -2.04. The van der Waals surface area contributed by atoms with Gasteiger partial charge in [0.15, 0.2) is 0 Å². The van der Waals surface area contributed by atoms with Crippen molar-refractivity contribution in [3.63, 3.8) is 0 Å². The van der Waals surface area contributed by atoms with Gasteiger partial charge in [-0.1, -0.05) is 36.3 Å². The molecule has 0 aliphatic heterocycles. The van der Waals surface area contributed by atoms with E-state index in [4.69, 9.17) is 0 Å². The van der Waals surface area contributed by atoms with Crippen LogP contribution in [-0.4, -0.2) is 20.1 Å². The fraction of sp³-hybridized carbons (Fsp3) is 0.429. The number of hydrogen-bond donors (Lipinski definition) is 1. The SMILES string of the molecule is CCCCc1c(CO)nnn1-c1ccc(C)cc1. The van der Waals surface area contributed by atoms with Crippen molar-refractivity contribution in [1.29, 1.82) is 0 Å². The van der Waals surface area contributed by atoms with Crippen LogP contribution >= 0.6 is 0 Å². The van der Waals surface area contributed by atoms with E-state index in [9.17, 15) is 5.11 Å². The van der Waals surface area contributed by atoms with Crippen LogP contribution in [0.3, 0.4) is 0 Å². The first-order chi connectivity index (χ1) is 8.76. The van der Waals surface area contributed by atoms with Gasteiger partial charge < -0.3 is 5.11 Å². The number of aryl methyl sites for hydroxylation is 1. The summed E-state index contributed by atoms with van der Waals surface area (Å²) in [6, 6.07) is 8.17. The molecule has 0 saturated heterocycles. The second kappa shape index (κ2) is 5.78. The summed E-state index contributed by atoms with van der Waals surface area (Å²) in [4.78, 5) is 0. The number of aliphatic hydroxyl groups excluding tert-OH is 1. The lowest BCUT2D eigenvalue weighted by Gasteiger charge is -2.07. The Morgan fingerprint density at radius 2 is 1.94 bits per heavy atom. The predicted molar refractivity (Wildman–Crippen MR) is 70.6 cm³/mol. The number of rotatable bonds is 5. The summed E-state index contributed by atoms with van der Waals surface area (Å²) in [6.45, 7) is 4.16. The maximum Gasteiger partial charge on any atom is 0.112 e. The van der Waals surface area contributed by atoms with Gasteiger partial charge in [-0.25, -0.2) is 4.68 Å². The highest BCUT2D eigenvalue weighted by Gasteiger charge is 2.12. The number of hydrogen-bond acceptors (Lipinski definition) is 3. The number of aliphatic hydroxyl groups is 1. The molecule has 4 heteroatoms. The summed E-state index contributed by atoms with van der Waals surface area (Å²) in [6.07, 6.45) is 3.09. The van der Waals surface area contributed by atoms with Crippen LogP contribution < -0.4 is 0 Å². The van der Waals surface area contributed by atoms with Crippen LogP contribution in [0.5, 0.6) is 0 Å². The summed E-state index contributed by atoms with van der Waals surface area (Å²) in [5.74, 6) is 0. The summed E-state index contributed by atoms with van der Waals surface area (Å²) < 4.78 is 1.83. The highest BCUT2D eigenvalue weighted by Crippen LogP contribution is 2.16. The van der Waals surface area contributed by atoms with Crippen LogP contribution in [0.2, 0.25) is 0 Å². The smallest absolute Gasteiger partial charge is 0.112 e. The number of aromatic nitrogens is 3. The normalized spacial score (nSPS) is 10.8. The van der Waals surface area contributed by atoms with Gasteiger partial charge >= 0.3 is 0 Å². The van der Waals surface area contributed by atoms with Crippen LogP contribution in [0.15, 0.2) is 24.3 Å².